The summed E-state index contributed by atoms with van der Waals surface area (Å²) in [6.07, 6.45) is 0.896. The van der Waals surface area contributed by atoms with E-state index in [1.807, 2.05) is 42.5 Å². The van der Waals surface area contributed by atoms with Crippen molar-refractivity contribution in [3.8, 4) is 17.2 Å². The quantitative estimate of drug-likeness (QED) is 0.329. The predicted octanol–water partition coefficient (Wildman–Crippen LogP) is 5.37. The fourth-order valence-electron chi connectivity index (χ4n) is 3.96. The third-order valence-corrected chi connectivity index (χ3v) is 5.85. The smallest absolute Gasteiger partial charge is 0.259 e. The summed E-state index contributed by atoms with van der Waals surface area (Å²) >= 11 is 0. The van der Waals surface area contributed by atoms with Crippen LogP contribution in [0.5, 0.6) is 5.75 Å². The molecule has 186 valence electrons. The summed E-state index contributed by atoms with van der Waals surface area (Å²) in [5.74, 6) is 2.58. The van der Waals surface area contributed by atoms with E-state index in [1.165, 1.54) is 0 Å². The van der Waals surface area contributed by atoms with Gasteiger partial charge >= 0.3 is 0 Å². The number of hydrogen-bond donors (Lipinski definition) is 2. The molecule has 4 aromatic rings. The summed E-state index contributed by atoms with van der Waals surface area (Å²) in [7, 11) is 1.62. The number of rotatable bonds is 9. The molecular formula is C28H29N3O5. The van der Waals surface area contributed by atoms with Gasteiger partial charge in [-0.3, -0.25) is 9.59 Å². The van der Waals surface area contributed by atoms with E-state index in [1.54, 1.807) is 40.0 Å². The van der Waals surface area contributed by atoms with Crippen molar-refractivity contribution in [1.29, 1.82) is 0 Å². The molecule has 0 saturated carbocycles. The second-order valence-corrected chi connectivity index (χ2v) is 8.44. The minimum Gasteiger partial charge on any atom is -0.496 e. The zero-order chi connectivity index (χ0) is 25.7. The standard InChI is InChI=1S/C28H29N3O5/c1-17-15-22(18(2)35-17)27(33)30-23-11-7-6-10-21(23)28-31-24(19(3)36-28)16-29-26(32)14-13-20-9-5-8-12-25(20)34-4/h5-12,15H,13-14,16H2,1-4H3,(H,29,32)(H,30,33). The Balaban J connectivity index is 1.42. The Morgan fingerprint density at radius 2 is 1.72 bits per heavy atom. The van der Waals surface area contributed by atoms with Crippen molar-refractivity contribution in [2.45, 2.75) is 40.2 Å². The van der Waals surface area contributed by atoms with Crippen LogP contribution in [0.4, 0.5) is 5.69 Å². The number of para-hydroxylation sites is 2. The Morgan fingerprint density at radius 1 is 0.972 bits per heavy atom. The van der Waals surface area contributed by atoms with Crippen LogP contribution in [0.3, 0.4) is 0 Å². The van der Waals surface area contributed by atoms with Crippen molar-refractivity contribution in [2.24, 2.45) is 0 Å². The number of furan rings is 1. The average molecular weight is 488 g/mol. The molecule has 0 aliphatic rings. The summed E-state index contributed by atoms with van der Waals surface area (Å²) in [4.78, 5) is 29.8. The molecular weight excluding hydrogens is 458 g/mol. The van der Waals surface area contributed by atoms with Gasteiger partial charge in [0.25, 0.3) is 5.91 Å². The second-order valence-electron chi connectivity index (χ2n) is 8.44. The molecule has 4 rings (SSSR count). The summed E-state index contributed by atoms with van der Waals surface area (Å²) in [5, 5.41) is 5.83. The Bertz CT molecular complexity index is 1390. The van der Waals surface area contributed by atoms with E-state index in [-0.39, 0.29) is 18.4 Å². The van der Waals surface area contributed by atoms with Crippen LogP contribution in [-0.2, 0) is 17.8 Å². The number of nitrogens with one attached hydrogen (secondary N) is 2. The van der Waals surface area contributed by atoms with Crippen LogP contribution in [0.1, 0.15) is 45.3 Å². The van der Waals surface area contributed by atoms with Gasteiger partial charge in [-0.25, -0.2) is 4.98 Å². The molecule has 2 N–H and O–H groups in total. The van der Waals surface area contributed by atoms with Gasteiger partial charge in [0.2, 0.25) is 11.8 Å². The number of oxazole rings is 1. The maximum absolute atomic E-state index is 12.8. The van der Waals surface area contributed by atoms with E-state index in [0.717, 1.165) is 11.3 Å². The minimum absolute atomic E-state index is 0.0942. The maximum Gasteiger partial charge on any atom is 0.259 e. The van der Waals surface area contributed by atoms with Crippen LogP contribution in [0, 0.1) is 20.8 Å². The molecule has 0 bridgehead atoms. The van der Waals surface area contributed by atoms with Gasteiger partial charge in [0, 0.05) is 6.42 Å². The zero-order valence-corrected chi connectivity index (χ0v) is 20.8. The number of ether oxygens (including phenoxy) is 1. The number of methoxy groups -OCH3 is 1. The number of hydrogen-bond acceptors (Lipinski definition) is 6. The van der Waals surface area contributed by atoms with E-state index in [9.17, 15) is 9.59 Å². The molecule has 0 spiro atoms. The van der Waals surface area contributed by atoms with E-state index in [2.05, 4.69) is 15.6 Å². The molecule has 2 heterocycles. The topological polar surface area (TPSA) is 107 Å². The third-order valence-electron chi connectivity index (χ3n) is 5.85. The fraction of sp³-hybridized carbons (Fsp3) is 0.250. The Labute approximate surface area is 209 Å². The minimum atomic E-state index is -0.275. The first-order chi connectivity index (χ1) is 17.4. The summed E-state index contributed by atoms with van der Waals surface area (Å²) in [6, 6.07) is 16.6. The van der Waals surface area contributed by atoms with Gasteiger partial charge in [-0.05, 0) is 57.0 Å². The molecule has 36 heavy (non-hydrogen) atoms. The molecule has 0 unspecified atom stereocenters. The van der Waals surface area contributed by atoms with Crippen molar-refractivity contribution in [1.82, 2.24) is 10.3 Å². The van der Waals surface area contributed by atoms with Gasteiger partial charge in [0.05, 0.1) is 30.5 Å². The number of aryl methyl sites for hydroxylation is 4. The number of nitrogens with zero attached hydrogens (tertiary/aromatic N) is 1. The van der Waals surface area contributed by atoms with Crippen LogP contribution in [0.15, 0.2) is 63.4 Å². The van der Waals surface area contributed by atoms with Gasteiger partial charge in [-0.2, -0.15) is 0 Å². The first-order valence-corrected chi connectivity index (χ1v) is 11.7. The first-order valence-electron chi connectivity index (χ1n) is 11.7. The van der Waals surface area contributed by atoms with Crippen molar-refractivity contribution in [3.63, 3.8) is 0 Å². The van der Waals surface area contributed by atoms with Crippen molar-refractivity contribution in [3.05, 3.63) is 88.7 Å². The zero-order valence-electron chi connectivity index (χ0n) is 20.8. The number of carbonyl (C=O) groups is 2. The number of benzene rings is 2. The largest absolute Gasteiger partial charge is 0.496 e. The number of anilines is 1. The Morgan fingerprint density at radius 3 is 2.47 bits per heavy atom. The summed E-state index contributed by atoms with van der Waals surface area (Å²) < 4.78 is 16.7. The lowest BCUT2D eigenvalue weighted by Gasteiger charge is -2.08. The molecule has 0 atom stereocenters. The first kappa shape index (κ1) is 24.8. The maximum atomic E-state index is 12.8. The van der Waals surface area contributed by atoms with E-state index >= 15 is 0 Å². The van der Waals surface area contributed by atoms with Crippen LogP contribution in [0.2, 0.25) is 0 Å². The van der Waals surface area contributed by atoms with Crippen LogP contribution in [-0.4, -0.2) is 23.9 Å². The highest BCUT2D eigenvalue weighted by Crippen LogP contribution is 2.29. The number of carbonyl (C=O) groups excluding carboxylic acids is 2. The van der Waals surface area contributed by atoms with Crippen LogP contribution < -0.4 is 15.4 Å². The molecule has 0 fully saturated rings. The monoisotopic (exact) mass is 487 g/mol. The van der Waals surface area contributed by atoms with Crippen molar-refractivity contribution in [2.75, 3.05) is 12.4 Å². The van der Waals surface area contributed by atoms with Gasteiger partial charge < -0.3 is 24.2 Å². The molecule has 0 aliphatic carbocycles. The second kappa shape index (κ2) is 10.9. The molecule has 0 radical (unpaired) electrons. The van der Waals surface area contributed by atoms with E-state index in [0.29, 0.717) is 58.5 Å². The lowest BCUT2D eigenvalue weighted by molar-refractivity contribution is -0.121. The van der Waals surface area contributed by atoms with E-state index < -0.39 is 0 Å². The lowest BCUT2D eigenvalue weighted by Crippen LogP contribution is -2.23. The molecule has 8 heteroatoms. The summed E-state index contributed by atoms with van der Waals surface area (Å²) in [5.41, 5.74) is 3.28. The van der Waals surface area contributed by atoms with Gasteiger partial charge in [-0.15, -0.1) is 0 Å². The predicted molar refractivity (Wildman–Crippen MR) is 136 cm³/mol. The highest BCUT2D eigenvalue weighted by molar-refractivity contribution is 6.06. The lowest BCUT2D eigenvalue weighted by atomic mass is 10.1. The van der Waals surface area contributed by atoms with Crippen LogP contribution >= 0.6 is 0 Å². The van der Waals surface area contributed by atoms with Crippen molar-refractivity contribution < 1.29 is 23.2 Å². The summed E-state index contributed by atoms with van der Waals surface area (Å²) in [6.45, 7) is 5.59. The molecule has 8 nitrogen and oxygen atoms in total. The number of aromatic nitrogens is 1. The SMILES string of the molecule is COc1ccccc1CCC(=O)NCc1nc(-c2ccccc2NC(=O)c2cc(C)oc2C)oc1C. The molecule has 2 aromatic carbocycles. The van der Waals surface area contributed by atoms with Gasteiger partial charge in [-0.1, -0.05) is 30.3 Å². The van der Waals surface area contributed by atoms with Gasteiger partial charge in [0.15, 0.2) is 0 Å². The normalized spacial score (nSPS) is 10.8. The Hall–Kier alpha value is -4.33. The average Bonchev–Trinajstić information content (AvgIpc) is 3.42. The highest BCUT2D eigenvalue weighted by Gasteiger charge is 2.19. The molecule has 2 aromatic heterocycles. The molecule has 0 aliphatic heterocycles. The van der Waals surface area contributed by atoms with Crippen LogP contribution in [0.25, 0.3) is 11.5 Å². The van der Waals surface area contributed by atoms with Crippen molar-refractivity contribution >= 4 is 17.5 Å². The molecule has 2 amide bonds. The highest BCUT2D eigenvalue weighted by atomic mass is 16.5. The third kappa shape index (κ3) is 5.66. The fourth-order valence-corrected chi connectivity index (χ4v) is 3.96. The molecule has 0 saturated heterocycles. The number of amides is 2. The van der Waals surface area contributed by atoms with E-state index in [4.69, 9.17) is 13.6 Å². The Kier molecular flexibility index (Phi) is 7.53. The van der Waals surface area contributed by atoms with Gasteiger partial charge in [0.1, 0.15) is 28.7 Å².